The van der Waals surface area contributed by atoms with Crippen molar-refractivity contribution in [2.75, 3.05) is 14.7 Å². The summed E-state index contributed by atoms with van der Waals surface area (Å²) in [5.41, 5.74) is 33.6. The van der Waals surface area contributed by atoms with Gasteiger partial charge >= 0.3 is 0 Å². The van der Waals surface area contributed by atoms with Gasteiger partial charge in [-0.2, -0.15) is 0 Å². The smallest absolute Gasteiger partial charge is 0.252 e. The lowest BCUT2D eigenvalue weighted by atomic mass is 9.33. The summed E-state index contributed by atoms with van der Waals surface area (Å²) in [5.74, 6) is 0. The van der Waals surface area contributed by atoms with E-state index in [9.17, 15) is 0 Å². The Hall–Kier alpha value is -8.34. The van der Waals surface area contributed by atoms with Crippen LogP contribution in [0, 0.1) is 34.6 Å². The number of fused-ring (bicyclic) bond motifs is 14. The van der Waals surface area contributed by atoms with E-state index in [0.29, 0.717) is 0 Å². The summed E-state index contributed by atoms with van der Waals surface area (Å²) in [4.78, 5) is 7.66. The summed E-state index contributed by atoms with van der Waals surface area (Å²) in [7, 11) is 0. The molecule has 1 unspecified atom stereocenters. The minimum atomic E-state index is -0.615. The molecule has 2 aliphatic carbocycles. The second kappa shape index (κ2) is 17.1. The molecule has 1 atom stereocenters. The number of anilines is 9. The van der Waals surface area contributed by atoms with Crippen molar-refractivity contribution in [3.05, 3.63) is 261 Å². The molecule has 4 aliphatic rings. The molecule has 10 aromatic rings. The first-order valence-electron chi connectivity index (χ1n) is 28.0. The highest BCUT2D eigenvalue weighted by molar-refractivity contribution is 7.00. The molecule has 1 spiro atoms. The number of hydrogen-bond acceptors (Lipinski definition) is 3. The quantitative estimate of drug-likeness (QED) is 0.159. The van der Waals surface area contributed by atoms with E-state index in [0.717, 1.165) is 17.1 Å². The summed E-state index contributed by atoms with van der Waals surface area (Å²) >= 11 is 0. The third-order valence-electron chi connectivity index (χ3n) is 17.7. The van der Waals surface area contributed by atoms with Crippen molar-refractivity contribution in [2.45, 2.75) is 92.4 Å². The van der Waals surface area contributed by atoms with Crippen molar-refractivity contribution in [1.82, 2.24) is 0 Å². The van der Waals surface area contributed by atoms with E-state index >= 15 is 0 Å². The van der Waals surface area contributed by atoms with E-state index in [1.54, 1.807) is 0 Å². The van der Waals surface area contributed by atoms with Crippen LogP contribution >= 0.6 is 0 Å². The second-order valence-electron chi connectivity index (χ2n) is 25.0. The Morgan fingerprint density at radius 3 is 1.51 bits per heavy atom. The number of nitrogens with zero attached hydrogens (tertiary/aromatic N) is 3. The largest absolute Gasteiger partial charge is 0.311 e. The average molecular weight is 1010 g/mol. The van der Waals surface area contributed by atoms with E-state index in [1.807, 2.05) is 0 Å². The minimum Gasteiger partial charge on any atom is -0.311 e. The maximum Gasteiger partial charge on any atom is 0.252 e. The van der Waals surface area contributed by atoms with Crippen molar-refractivity contribution in [2.24, 2.45) is 0 Å². The van der Waals surface area contributed by atoms with Crippen LogP contribution in [0.3, 0.4) is 0 Å². The molecule has 78 heavy (non-hydrogen) atoms. The molecule has 0 bridgehead atoms. The molecule has 0 radical (unpaired) electrons. The van der Waals surface area contributed by atoms with Gasteiger partial charge in [0.2, 0.25) is 0 Å². The standard InChI is InChI=1S/C74H66BN3/c1-45-17-16-18-54(38-45)77-67-39-47(3)23-35-64(67)75-65-43-59-57-20-13-15-22-61(57)74(63(59)44-68(65)78(66-36-24-46(2)37-49(66)5)70-41-48(4)40-69(77)71(70)75)60-21-14-12-19-56(60)58-34-33-55(42-62(58)74)76(52-29-25-50(26-30-52)72(6,7)8)53-31-27-51(28-32-53)73(9,10)11/h12-44H,1-11H3. The fourth-order valence-electron chi connectivity index (χ4n) is 14.0. The van der Waals surface area contributed by atoms with Crippen LogP contribution in [0.15, 0.2) is 200 Å². The predicted octanol–water partition coefficient (Wildman–Crippen LogP) is 17.7. The first-order chi connectivity index (χ1) is 37.5. The highest BCUT2D eigenvalue weighted by Gasteiger charge is 2.54. The van der Waals surface area contributed by atoms with Crippen molar-refractivity contribution in [1.29, 1.82) is 0 Å². The summed E-state index contributed by atoms with van der Waals surface area (Å²) in [5, 5.41) is 0. The zero-order chi connectivity index (χ0) is 53.7. The van der Waals surface area contributed by atoms with Gasteiger partial charge in [-0.3, -0.25) is 0 Å². The van der Waals surface area contributed by atoms with E-state index in [4.69, 9.17) is 0 Å². The Labute approximate surface area is 462 Å². The molecule has 380 valence electrons. The Morgan fingerprint density at radius 2 is 0.885 bits per heavy atom. The van der Waals surface area contributed by atoms with Gasteiger partial charge in [-0.1, -0.05) is 168 Å². The van der Waals surface area contributed by atoms with Gasteiger partial charge in [0, 0.05) is 51.2 Å². The van der Waals surface area contributed by atoms with Crippen LogP contribution in [-0.4, -0.2) is 6.71 Å². The molecular formula is C74H66BN3. The molecule has 3 nitrogen and oxygen atoms in total. The van der Waals surface area contributed by atoms with Crippen molar-refractivity contribution >= 4 is 74.3 Å². The summed E-state index contributed by atoms with van der Waals surface area (Å²) in [6, 6.07) is 77.9. The lowest BCUT2D eigenvalue weighted by molar-refractivity contribution is 0.590. The van der Waals surface area contributed by atoms with E-state index < -0.39 is 5.41 Å². The van der Waals surface area contributed by atoms with E-state index in [-0.39, 0.29) is 17.5 Å². The molecule has 0 fully saturated rings. The number of aryl methyl sites for hydroxylation is 5. The number of benzene rings is 10. The fraction of sp³-hybridized carbons (Fsp3) is 0.189. The van der Waals surface area contributed by atoms with Crippen LogP contribution in [-0.2, 0) is 16.2 Å². The van der Waals surface area contributed by atoms with Crippen LogP contribution in [0.1, 0.15) is 103 Å². The fourth-order valence-corrected chi connectivity index (χ4v) is 14.0. The first kappa shape index (κ1) is 48.1. The Balaban J connectivity index is 1.06. The molecule has 2 aliphatic heterocycles. The molecule has 0 N–H and O–H groups in total. The lowest BCUT2D eigenvalue weighted by Crippen LogP contribution is -2.61. The molecule has 2 heterocycles. The molecule has 0 amide bonds. The van der Waals surface area contributed by atoms with Crippen LogP contribution in [0.4, 0.5) is 51.2 Å². The minimum absolute atomic E-state index is 0.0177. The Morgan fingerprint density at radius 1 is 0.359 bits per heavy atom. The summed E-state index contributed by atoms with van der Waals surface area (Å²) < 4.78 is 0. The van der Waals surface area contributed by atoms with Gasteiger partial charge in [-0.05, 0) is 219 Å². The van der Waals surface area contributed by atoms with Gasteiger partial charge < -0.3 is 14.7 Å². The monoisotopic (exact) mass is 1010 g/mol. The van der Waals surface area contributed by atoms with Crippen LogP contribution in [0.5, 0.6) is 0 Å². The molecule has 4 heteroatoms. The van der Waals surface area contributed by atoms with Gasteiger partial charge in [0.15, 0.2) is 0 Å². The third kappa shape index (κ3) is 7.04. The average Bonchev–Trinajstić information content (AvgIpc) is 4.06. The molecule has 0 saturated heterocycles. The number of hydrogen-bond donors (Lipinski definition) is 0. The lowest BCUT2D eigenvalue weighted by Gasteiger charge is -2.45. The highest BCUT2D eigenvalue weighted by atomic mass is 15.2. The van der Waals surface area contributed by atoms with Gasteiger partial charge in [0.25, 0.3) is 6.71 Å². The van der Waals surface area contributed by atoms with E-state index in [1.165, 1.54) is 134 Å². The van der Waals surface area contributed by atoms with Gasteiger partial charge in [-0.25, -0.2) is 0 Å². The normalized spacial score (nSPS) is 15.3. The first-order valence-corrected chi connectivity index (χ1v) is 28.0. The molecule has 0 aromatic heterocycles. The zero-order valence-corrected chi connectivity index (χ0v) is 47.0. The second-order valence-corrected chi connectivity index (χ2v) is 25.0. The van der Waals surface area contributed by atoms with Gasteiger partial charge in [-0.15, -0.1) is 0 Å². The molecular weight excluding hydrogens is 942 g/mol. The highest BCUT2D eigenvalue weighted by Crippen LogP contribution is 2.64. The molecule has 14 rings (SSSR count). The number of rotatable bonds is 5. The van der Waals surface area contributed by atoms with Crippen LogP contribution in [0.25, 0.3) is 22.3 Å². The summed E-state index contributed by atoms with van der Waals surface area (Å²) in [6.07, 6.45) is 0. The molecule has 0 saturated carbocycles. The van der Waals surface area contributed by atoms with Crippen LogP contribution < -0.4 is 31.1 Å². The zero-order valence-electron chi connectivity index (χ0n) is 47.0. The summed E-state index contributed by atoms with van der Waals surface area (Å²) in [6.45, 7) is 25.0. The topological polar surface area (TPSA) is 9.72 Å². The van der Waals surface area contributed by atoms with Crippen LogP contribution in [0.2, 0.25) is 0 Å². The molecule has 10 aromatic carbocycles. The van der Waals surface area contributed by atoms with Gasteiger partial charge in [0.1, 0.15) is 0 Å². The third-order valence-corrected chi connectivity index (χ3v) is 17.7. The maximum absolute atomic E-state index is 2.64. The predicted molar refractivity (Wildman–Crippen MR) is 333 cm³/mol. The van der Waals surface area contributed by atoms with E-state index in [2.05, 4.69) is 291 Å². The SMILES string of the molecule is Cc1cccc(N2c3cc(C)ccc3B3c4cc5c(cc4N(c4ccc(C)cc4C)c4cc(C)cc2c43)C2(c3ccccc3-c3ccc(N(c4ccc(C(C)(C)C)cc4)c4ccc(C(C)(C)C)cc4)cc32)c2ccccc2-5)c1. The van der Waals surface area contributed by atoms with Crippen molar-refractivity contribution in [3.8, 4) is 22.3 Å². The van der Waals surface area contributed by atoms with Gasteiger partial charge in [0.05, 0.1) is 5.41 Å². The maximum atomic E-state index is 2.64. The van der Waals surface area contributed by atoms with Crippen molar-refractivity contribution in [3.63, 3.8) is 0 Å². The van der Waals surface area contributed by atoms with Crippen molar-refractivity contribution < 1.29 is 0 Å². The Kier molecular flexibility index (Phi) is 10.5. The Bertz CT molecular complexity index is 4070.